The highest BCUT2D eigenvalue weighted by Gasteiger charge is 2.20. The minimum absolute atomic E-state index is 0.228. The van der Waals surface area contributed by atoms with E-state index in [2.05, 4.69) is 67.8 Å². The Morgan fingerprint density at radius 1 is 0.660 bits per heavy atom. The molecule has 0 radical (unpaired) electrons. The molecule has 0 amide bonds. The Morgan fingerprint density at radius 3 is 1.92 bits per heavy atom. The number of hydrogen-bond acceptors (Lipinski definition) is 9. The maximum Gasteiger partial charge on any atom is 0.346 e. The molecule has 0 aliphatic rings. The SMILES string of the molecule is CCCCCCc1cc(/C=C(\C#N)C(=O)O)sc1-c1ccc(-c2ccc(-c3sc(-c4cc5sc6ccsc6c5s4)cc3CCCCCC)s2)s1. The number of nitriles is 1. The van der Waals surface area contributed by atoms with Crippen LogP contribution in [0, 0.1) is 11.3 Å². The number of aryl methyl sites for hydroxylation is 2. The third kappa shape index (κ3) is 7.65. The fraction of sp³-hybridized carbons (Fsp3) is 0.300. The molecule has 0 saturated carbocycles. The highest BCUT2D eigenvalue weighted by molar-refractivity contribution is 7.39. The van der Waals surface area contributed by atoms with Gasteiger partial charge in [-0.3, -0.25) is 0 Å². The van der Waals surface area contributed by atoms with Crippen LogP contribution in [0.5, 0.6) is 0 Å². The van der Waals surface area contributed by atoms with Crippen LogP contribution < -0.4 is 0 Å². The lowest BCUT2D eigenvalue weighted by atomic mass is 10.1. The summed E-state index contributed by atoms with van der Waals surface area (Å²) in [6, 6.07) is 20.1. The molecule has 0 atom stereocenters. The number of carbonyl (C=O) groups is 1. The van der Waals surface area contributed by atoms with Crippen molar-refractivity contribution in [2.75, 3.05) is 0 Å². The van der Waals surface area contributed by atoms with Gasteiger partial charge in [0.25, 0.3) is 0 Å². The summed E-state index contributed by atoms with van der Waals surface area (Å²) < 4.78 is 5.68. The number of aliphatic carboxylic acids is 1. The van der Waals surface area contributed by atoms with Gasteiger partial charge in [0.2, 0.25) is 0 Å². The van der Waals surface area contributed by atoms with Gasteiger partial charge in [-0.05, 0) is 96.8 Å². The summed E-state index contributed by atoms with van der Waals surface area (Å²) in [6.45, 7) is 4.49. The average Bonchev–Trinajstić information content (AvgIpc) is 3.95. The molecule has 0 aliphatic carbocycles. The highest BCUT2D eigenvalue weighted by Crippen LogP contribution is 2.50. The number of thiophene rings is 7. The zero-order valence-corrected chi connectivity index (χ0v) is 33.7. The van der Waals surface area contributed by atoms with E-state index in [1.54, 1.807) is 22.7 Å². The normalized spacial score (nSPS) is 12.1. The van der Waals surface area contributed by atoms with E-state index in [0.29, 0.717) is 0 Å². The van der Waals surface area contributed by atoms with Gasteiger partial charge >= 0.3 is 5.97 Å². The number of carboxylic acid groups (broad SMARTS) is 1. The predicted octanol–water partition coefficient (Wildman–Crippen LogP) is 15.3. The molecule has 7 heterocycles. The third-order valence-electron chi connectivity index (χ3n) is 8.77. The van der Waals surface area contributed by atoms with Crippen molar-refractivity contribution in [1.82, 2.24) is 0 Å². The van der Waals surface area contributed by atoms with Crippen LogP contribution in [0.1, 0.15) is 81.2 Å². The van der Waals surface area contributed by atoms with Crippen LogP contribution in [0.3, 0.4) is 0 Å². The maximum atomic E-state index is 11.6. The van der Waals surface area contributed by atoms with E-state index in [0.717, 1.165) is 24.1 Å². The van der Waals surface area contributed by atoms with Gasteiger partial charge in [0.05, 0.1) is 9.40 Å². The van der Waals surface area contributed by atoms with E-state index in [4.69, 9.17) is 0 Å². The van der Waals surface area contributed by atoms with Crippen molar-refractivity contribution in [2.45, 2.75) is 78.1 Å². The van der Waals surface area contributed by atoms with Crippen molar-refractivity contribution in [3.05, 3.63) is 75.5 Å². The van der Waals surface area contributed by atoms with Crippen LogP contribution >= 0.6 is 79.4 Å². The molecule has 0 aromatic carbocycles. The first-order valence-corrected chi connectivity index (χ1v) is 22.9. The molecule has 256 valence electrons. The Bertz CT molecular complexity index is 2320. The fourth-order valence-corrected chi connectivity index (χ4v) is 14.8. The molecular weight excluding hydrogens is 751 g/mol. The number of hydrogen-bond donors (Lipinski definition) is 1. The van der Waals surface area contributed by atoms with Crippen molar-refractivity contribution in [1.29, 1.82) is 5.26 Å². The summed E-state index contributed by atoms with van der Waals surface area (Å²) in [5.41, 5.74) is 2.49. The molecule has 0 fully saturated rings. The number of rotatable bonds is 16. The quantitative estimate of drug-likeness (QED) is 0.0603. The Balaban J connectivity index is 1.18. The number of fused-ring (bicyclic) bond motifs is 3. The van der Waals surface area contributed by atoms with Crippen molar-refractivity contribution >= 4 is 110 Å². The second-order valence-corrected chi connectivity index (χ2v) is 19.8. The van der Waals surface area contributed by atoms with Gasteiger partial charge in [0.15, 0.2) is 0 Å². The summed E-state index contributed by atoms with van der Waals surface area (Å²) in [7, 11) is 0. The molecule has 1 N–H and O–H groups in total. The summed E-state index contributed by atoms with van der Waals surface area (Å²) in [5.74, 6) is -1.18. The van der Waals surface area contributed by atoms with Gasteiger partial charge in [-0.1, -0.05) is 52.4 Å². The summed E-state index contributed by atoms with van der Waals surface area (Å²) in [5, 5.41) is 21.0. The number of nitrogens with zero attached hydrogens (tertiary/aromatic N) is 1. The summed E-state index contributed by atoms with van der Waals surface area (Å²) >= 11 is 13.0. The topological polar surface area (TPSA) is 61.1 Å². The molecule has 0 saturated heterocycles. The van der Waals surface area contributed by atoms with Crippen LogP contribution in [-0.4, -0.2) is 11.1 Å². The highest BCUT2D eigenvalue weighted by atomic mass is 32.1. The molecule has 0 spiro atoms. The van der Waals surface area contributed by atoms with Crippen molar-refractivity contribution in [3.63, 3.8) is 0 Å². The first-order valence-electron chi connectivity index (χ1n) is 17.2. The van der Waals surface area contributed by atoms with E-state index in [-0.39, 0.29) is 5.57 Å². The van der Waals surface area contributed by atoms with E-state index >= 15 is 0 Å². The summed E-state index contributed by atoms with van der Waals surface area (Å²) in [6.07, 6.45) is 13.3. The average molecular weight is 788 g/mol. The zero-order chi connectivity index (χ0) is 34.6. The predicted molar refractivity (Wildman–Crippen MR) is 225 cm³/mol. The molecule has 3 nitrogen and oxygen atoms in total. The fourth-order valence-electron chi connectivity index (χ4n) is 6.20. The third-order valence-corrected chi connectivity index (χ3v) is 17.6. The molecular formula is C40H37NO2S7. The standard InChI is InChI=1S/C40H37NO2S7/c1-3-5-7-9-11-24-19-27(20-26(23-41)40(42)43)45-36(24)30-15-13-28(46-30)29-14-16-31(47-29)37-25(12-10-8-6-4-2)21-33(49-37)34-22-35-39(50-34)38-32(48-35)17-18-44-38/h13-22H,3-12H2,1-2H3,(H,42,43)/b26-20+. The lowest BCUT2D eigenvalue weighted by Gasteiger charge is -2.02. The maximum absolute atomic E-state index is 11.6. The first kappa shape index (κ1) is 35.5. The van der Waals surface area contributed by atoms with Gasteiger partial charge in [0.1, 0.15) is 11.6 Å². The Morgan fingerprint density at radius 2 is 1.28 bits per heavy atom. The van der Waals surface area contributed by atoms with Gasteiger partial charge in [-0.2, -0.15) is 5.26 Å². The van der Waals surface area contributed by atoms with Gasteiger partial charge in [-0.15, -0.1) is 79.4 Å². The molecule has 50 heavy (non-hydrogen) atoms. The molecule has 7 aromatic heterocycles. The Hall–Kier alpha value is -2.88. The van der Waals surface area contributed by atoms with Gasteiger partial charge in [-0.25, -0.2) is 4.79 Å². The Kier molecular flexibility index (Phi) is 11.5. The smallest absolute Gasteiger partial charge is 0.346 e. The minimum Gasteiger partial charge on any atom is -0.477 e. The molecule has 0 unspecified atom stereocenters. The van der Waals surface area contributed by atoms with Crippen LogP contribution in [0.4, 0.5) is 0 Å². The largest absolute Gasteiger partial charge is 0.477 e. The van der Waals surface area contributed by atoms with E-state index in [1.165, 1.54) is 120 Å². The number of carboxylic acids is 1. The van der Waals surface area contributed by atoms with Crippen LogP contribution in [0.2, 0.25) is 0 Å². The molecule has 0 bridgehead atoms. The van der Waals surface area contributed by atoms with Crippen molar-refractivity contribution < 1.29 is 9.90 Å². The molecule has 7 aromatic rings. The Labute approximate surface area is 321 Å². The second-order valence-electron chi connectivity index (χ2n) is 12.4. The van der Waals surface area contributed by atoms with Crippen molar-refractivity contribution in [2.24, 2.45) is 0 Å². The lowest BCUT2D eigenvalue weighted by molar-refractivity contribution is -0.132. The second kappa shape index (κ2) is 16.2. The van der Waals surface area contributed by atoms with Gasteiger partial charge in [0, 0.05) is 53.3 Å². The van der Waals surface area contributed by atoms with E-state index in [9.17, 15) is 15.2 Å². The monoisotopic (exact) mass is 787 g/mol. The van der Waals surface area contributed by atoms with Crippen molar-refractivity contribution in [3.8, 4) is 45.1 Å². The van der Waals surface area contributed by atoms with Gasteiger partial charge < -0.3 is 5.11 Å². The van der Waals surface area contributed by atoms with Crippen LogP contribution in [0.15, 0.2) is 59.5 Å². The number of unbranched alkanes of at least 4 members (excludes halogenated alkanes) is 6. The van der Waals surface area contributed by atoms with E-state index < -0.39 is 5.97 Å². The first-order chi connectivity index (χ1) is 24.4. The van der Waals surface area contributed by atoms with E-state index in [1.807, 2.05) is 62.8 Å². The molecule has 0 aliphatic heterocycles. The molecule has 7 rings (SSSR count). The molecule has 10 heteroatoms. The van der Waals surface area contributed by atoms with Crippen LogP contribution in [0.25, 0.3) is 63.9 Å². The summed E-state index contributed by atoms with van der Waals surface area (Å²) in [4.78, 5) is 22.8. The zero-order valence-electron chi connectivity index (χ0n) is 28.0. The lowest BCUT2D eigenvalue weighted by Crippen LogP contribution is -1.96. The minimum atomic E-state index is -1.18. The van der Waals surface area contributed by atoms with Crippen LogP contribution in [-0.2, 0) is 17.6 Å².